The van der Waals surface area contributed by atoms with Gasteiger partial charge in [-0.15, -0.1) is 0 Å². The lowest BCUT2D eigenvalue weighted by atomic mass is 9.49. The van der Waals surface area contributed by atoms with Crippen LogP contribution < -0.4 is 10.6 Å². The normalized spacial score (nSPS) is 32.0. The first-order chi connectivity index (χ1) is 13.9. The highest BCUT2D eigenvalue weighted by atomic mass is 16.2. The fourth-order valence-electron chi connectivity index (χ4n) is 6.25. The lowest BCUT2D eigenvalue weighted by molar-refractivity contribution is -0.0449. The minimum atomic E-state index is -0.286. The van der Waals surface area contributed by atoms with Crippen LogP contribution in [0.4, 0.5) is 0 Å². The van der Waals surface area contributed by atoms with E-state index in [4.69, 9.17) is 0 Å². The summed E-state index contributed by atoms with van der Waals surface area (Å²) in [7, 11) is 0. The lowest BCUT2D eigenvalue weighted by Gasteiger charge is -2.62. The van der Waals surface area contributed by atoms with Crippen LogP contribution in [-0.2, 0) is 0 Å². The number of amides is 2. The molecule has 2 atom stereocenters. The van der Waals surface area contributed by atoms with Gasteiger partial charge in [-0.25, -0.2) is 9.97 Å². The Kier molecular flexibility index (Phi) is 4.15. The predicted molar refractivity (Wildman–Crippen MR) is 106 cm³/mol. The molecule has 2 N–H and O–H groups in total. The zero-order chi connectivity index (χ0) is 20.1. The molecule has 2 unspecified atom stereocenters. The second-order valence-electron chi connectivity index (χ2n) is 9.18. The number of rotatable bonds is 4. The molecule has 4 aliphatic rings. The van der Waals surface area contributed by atoms with Crippen molar-refractivity contribution in [2.45, 2.75) is 56.5 Å². The third-order valence-corrected chi connectivity index (χ3v) is 6.74. The largest absolute Gasteiger partial charge is 0.345 e. The molecule has 29 heavy (non-hydrogen) atoms. The van der Waals surface area contributed by atoms with Crippen molar-refractivity contribution < 1.29 is 9.59 Å². The van der Waals surface area contributed by atoms with E-state index >= 15 is 0 Å². The summed E-state index contributed by atoms with van der Waals surface area (Å²) < 4.78 is 0. The van der Waals surface area contributed by atoms with E-state index in [-0.39, 0.29) is 22.9 Å². The first-order valence-electron chi connectivity index (χ1n) is 10.3. The highest BCUT2D eigenvalue weighted by molar-refractivity contribution is 5.93. The molecule has 2 aromatic rings. The number of pyridine rings is 1. The van der Waals surface area contributed by atoms with Gasteiger partial charge in [0.1, 0.15) is 11.4 Å². The van der Waals surface area contributed by atoms with E-state index in [0.29, 0.717) is 23.2 Å². The Morgan fingerprint density at radius 2 is 1.62 bits per heavy atom. The van der Waals surface area contributed by atoms with Gasteiger partial charge in [0.15, 0.2) is 0 Å². The van der Waals surface area contributed by atoms with E-state index in [1.165, 1.54) is 18.8 Å². The van der Waals surface area contributed by atoms with Crippen molar-refractivity contribution >= 4 is 11.8 Å². The van der Waals surface area contributed by atoms with Crippen LogP contribution in [-0.4, -0.2) is 37.8 Å². The summed E-state index contributed by atoms with van der Waals surface area (Å²) in [6, 6.07) is 5.51. The van der Waals surface area contributed by atoms with Gasteiger partial charge in [-0.1, -0.05) is 6.07 Å². The summed E-state index contributed by atoms with van der Waals surface area (Å²) >= 11 is 0. The maximum absolute atomic E-state index is 13.0. The second-order valence-corrected chi connectivity index (χ2v) is 9.18. The maximum atomic E-state index is 13.0. The summed E-state index contributed by atoms with van der Waals surface area (Å²) in [5, 5.41) is 6.60. The van der Waals surface area contributed by atoms with Gasteiger partial charge in [0.2, 0.25) is 0 Å². The number of aryl methyl sites for hydroxylation is 1. The van der Waals surface area contributed by atoms with Crippen molar-refractivity contribution in [3.05, 3.63) is 53.9 Å². The van der Waals surface area contributed by atoms with Gasteiger partial charge < -0.3 is 10.6 Å². The molecule has 6 rings (SSSR count). The molecule has 4 saturated carbocycles. The van der Waals surface area contributed by atoms with Crippen LogP contribution in [0.15, 0.2) is 36.8 Å². The number of aromatic nitrogens is 3. The predicted octanol–water partition coefficient (Wildman–Crippen LogP) is 2.43. The Morgan fingerprint density at radius 3 is 2.21 bits per heavy atom. The van der Waals surface area contributed by atoms with E-state index in [1.807, 2.05) is 19.1 Å². The Hall–Kier alpha value is -2.83. The van der Waals surface area contributed by atoms with E-state index in [2.05, 4.69) is 25.6 Å². The van der Waals surface area contributed by atoms with Gasteiger partial charge >= 0.3 is 0 Å². The number of nitrogens with one attached hydrogen (secondary N) is 2. The SMILES string of the molecule is Cc1cccc(C(=O)NC23CC4CC(CC(NC(=O)c5cnccn5)(C4)C2)C3)n1. The van der Waals surface area contributed by atoms with Crippen molar-refractivity contribution in [1.29, 1.82) is 0 Å². The van der Waals surface area contributed by atoms with Crippen molar-refractivity contribution in [1.82, 2.24) is 25.6 Å². The topological polar surface area (TPSA) is 96.9 Å². The van der Waals surface area contributed by atoms with E-state index in [9.17, 15) is 9.59 Å². The van der Waals surface area contributed by atoms with Crippen LogP contribution in [0.2, 0.25) is 0 Å². The summed E-state index contributed by atoms with van der Waals surface area (Å²) in [6.45, 7) is 1.89. The molecule has 0 spiro atoms. The van der Waals surface area contributed by atoms with Crippen molar-refractivity contribution in [3.8, 4) is 0 Å². The number of hydrogen-bond donors (Lipinski definition) is 2. The van der Waals surface area contributed by atoms with E-state index < -0.39 is 0 Å². The van der Waals surface area contributed by atoms with Crippen LogP contribution in [0.1, 0.15) is 65.2 Å². The molecule has 0 radical (unpaired) electrons. The zero-order valence-electron chi connectivity index (χ0n) is 16.5. The highest BCUT2D eigenvalue weighted by Crippen LogP contribution is 2.57. The van der Waals surface area contributed by atoms with E-state index in [1.54, 1.807) is 12.3 Å². The Bertz CT molecular complexity index is 947. The van der Waals surface area contributed by atoms with Crippen LogP contribution in [0.3, 0.4) is 0 Å². The third-order valence-electron chi connectivity index (χ3n) is 6.74. The molecule has 150 valence electrons. The molecular weight excluding hydrogens is 366 g/mol. The van der Waals surface area contributed by atoms with Crippen LogP contribution in [0.5, 0.6) is 0 Å². The summed E-state index contributed by atoms with van der Waals surface area (Å²) in [6.07, 6.45) is 10.4. The summed E-state index contributed by atoms with van der Waals surface area (Å²) in [5.74, 6) is 0.737. The van der Waals surface area contributed by atoms with Gasteiger partial charge in [0, 0.05) is 29.2 Å². The molecule has 2 aromatic heterocycles. The minimum Gasteiger partial charge on any atom is -0.345 e. The number of carbonyl (C=O) groups excluding carboxylic acids is 2. The average molecular weight is 391 g/mol. The minimum absolute atomic E-state index is 0.119. The molecule has 2 heterocycles. The Balaban J connectivity index is 1.38. The average Bonchev–Trinajstić information content (AvgIpc) is 2.67. The molecule has 0 saturated heterocycles. The number of carbonyl (C=O) groups is 2. The van der Waals surface area contributed by atoms with Crippen LogP contribution in [0.25, 0.3) is 0 Å². The molecule has 0 aliphatic heterocycles. The number of nitrogens with zero attached hydrogens (tertiary/aromatic N) is 3. The summed E-state index contributed by atoms with van der Waals surface area (Å²) in [4.78, 5) is 38.3. The molecular formula is C22H25N5O2. The van der Waals surface area contributed by atoms with E-state index in [0.717, 1.165) is 37.8 Å². The van der Waals surface area contributed by atoms with Crippen molar-refractivity contribution in [2.75, 3.05) is 0 Å². The molecule has 2 amide bonds. The van der Waals surface area contributed by atoms with Gasteiger partial charge in [-0.05, 0) is 69.4 Å². The standard InChI is InChI=1S/C22H25N5O2/c1-14-3-2-4-17(25-14)19(28)26-21-8-15-7-16(9-21)11-22(10-15,13-21)27-20(29)18-12-23-5-6-24-18/h2-6,12,15-16H,7-11,13H2,1H3,(H,26,28)(H,27,29). The van der Waals surface area contributed by atoms with Crippen LogP contribution >= 0.6 is 0 Å². The van der Waals surface area contributed by atoms with Crippen molar-refractivity contribution in [3.63, 3.8) is 0 Å². The first kappa shape index (κ1) is 18.2. The number of hydrogen-bond acceptors (Lipinski definition) is 5. The quantitative estimate of drug-likeness (QED) is 0.834. The van der Waals surface area contributed by atoms with Gasteiger partial charge in [-0.3, -0.25) is 14.6 Å². The molecule has 4 aliphatic carbocycles. The van der Waals surface area contributed by atoms with Crippen molar-refractivity contribution in [2.24, 2.45) is 11.8 Å². The second kappa shape index (κ2) is 6.61. The van der Waals surface area contributed by atoms with Gasteiger partial charge in [0.05, 0.1) is 6.20 Å². The van der Waals surface area contributed by atoms with Gasteiger partial charge in [-0.2, -0.15) is 0 Å². The first-order valence-corrected chi connectivity index (χ1v) is 10.3. The molecule has 7 heteroatoms. The third kappa shape index (κ3) is 3.39. The smallest absolute Gasteiger partial charge is 0.271 e. The Morgan fingerprint density at radius 1 is 0.966 bits per heavy atom. The fraction of sp³-hybridized carbons (Fsp3) is 0.500. The Labute approximate surface area is 169 Å². The molecule has 4 bridgehead atoms. The zero-order valence-corrected chi connectivity index (χ0v) is 16.5. The molecule has 7 nitrogen and oxygen atoms in total. The van der Waals surface area contributed by atoms with Crippen LogP contribution in [0, 0.1) is 18.8 Å². The lowest BCUT2D eigenvalue weighted by Crippen LogP contribution is -2.70. The molecule has 4 fully saturated rings. The summed E-state index contributed by atoms with van der Waals surface area (Å²) in [5.41, 5.74) is 1.06. The highest BCUT2D eigenvalue weighted by Gasteiger charge is 2.58. The monoisotopic (exact) mass is 391 g/mol. The molecule has 0 aromatic carbocycles. The van der Waals surface area contributed by atoms with Gasteiger partial charge in [0.25, 0.3) is 11.8 Å². The maximum Gasteiger partial charge on any atom is 0.271 e. The fourth-order valence-corrected chi connectivity index (χ4v) is 6.25.